The van der Waals surface area contributed by atoms with E-state index < -0.39 is 0 Å². The molecule has 4 heteroatoms. The first-order valence-electron chi connectivity index (χ1n) is 4.26. The molecule has 1 atom stereocenters. The van der Waals surface area contributed by atoms with Crippen LogP contribution in [0.3, 0.4) is 0 Å². The van der Waals surface area contributed by atoms with Crippen LogP contribution in [-0.2, 0) is 4.79 Å². The average molecular weight is 173 g/mol. The van der Waals surface area contributed by atoms with Crippen LogP contribution in [0.1, 0.15) is 13.3 Å². The maximum absolute atomic E-state index is 11.1. The van der Waals surface area contributed by atoms with Gasteiger partial charge in [0.05, 0.1) is 6.04 Å². The highest BCUT2D eigenvalue weighted by molar-refractivity contribution is 5.81. The lowest BCUT2D eigenvalue weighted by Gasteiger charge is -2.12. The van der Waals surface area contributed by atoms with Gasteiger partial charge in [-0.15, -0.1) is 0 Å². The second kappa shape index (κ2) is 5.97. The highest BCUT2D eigenvalue weighted by atomic mass is 16.2. The maximum atomic E-state index is 11.1. The minimum Gasteiger partial charge on any atom is -0.353 e. The molecule has 0 rings (SSSR count). The van der Waals surface area contributed by atoms with E-state index in [-0.39, 0.29) is 11.9 Å². The molecule has 72 valence electrons. The zero-order valence-electron chi connectivity index (χ0n) is 8.13. The number of likely N-dealkylation sites (N-methyl/N-ethyl adjacent to an activating group) is 1. The van der Waals surface area contributed by atoms with Gasteiger partial charge < -0.3 is 16.0 Å². The second-order valence-corrected chi connectivity index (χ2v) is 3.11. The second-order valence-electron chi connectivity index (χ2n) is 3.11. The smallest absolute Gasteiger partial charge is 0.236 e. The lowest BCUT2D eigenvalue weighted by atomic mass is 10.2. The summed E-state index contributed by atoms with van der Waals surface area (Å²) in [6.45, 7) is 3.41. The molecule has 0 fully saturated rings. The van der Waals surface area contributed by atoms with E-state index in [2.05, 4.69) is 5.32 Å². The van der Waals surface area contributed by atoms with Gasteiger partial charge in [0.15, 0.2) is 0 Å². The molecule has 0 aliphatic rings. The van der Waals surface area contributed by atoms with Crippen LogP contribution in [0, 0.1) is 0 Å². The third kappa shape index (κ3) is 5.09. The summed E-state index contributed by atoms with van der Waals surface area (Å²) in [6.07, 6.45) is 0.688. The van der Waals surface area contributed by atoms with Crippen molar-refractivity contribution in [3.05, 3.63) is 0 Å². The zero-order chi connectivity index (χ0) is 9.56. The SMILES string of the molecule is CC[C@@H](N)C(=O)NCCN(C)C. The number of nitrogens with two attached hydrogens (primary N) is 1. The van der Waals surface area contributed by atoms with E-state index in [9.17, 15) is 4.79 Å². The van der Waals surface area contributed by atoms with E-state index in [1.165, 1.54) is 0 Å². The van der Waals surface area contributed by atoms with Crippen molar-refractivity contribution in [3.63, 3.8) is 0 Å². The minimum absolute atomic E-state index is 0.0562. The number of hydrogen-bond acceptors (Lipinski definition) is 3. The Bertz CT molecular complexity index is 136. The predicted molar refractivity (Wildman–Crippen MR) is 49.8 cm³/mol. The molecule has 0 aromatic heterocycles. The lowest BCUT2D eigenvalue weighted by molar-refractivity contribution is -0.122. The topological polar surface area (TPSA) is 58.4 Å². The fourth-order valence-electron chi connectivity index (χ4n) is 0.719. The van der Waals surface area contributed by atoms with Crippen molar-refractivity contribution in [1.29, 1.82) is 0 Å². The summed E-state index contributed by atoms with van der Waals surface area (Å²) in [5.74, 6) is -0.0562. The van der Waals surface area contributed by atoms with Crippen molar-refractivity contribution < 1.29 is 4.79 Å². The van der Waals surface area contributed by atoms with Crippen LogP contribution < -0.4 is 11.1 Å². The van der Waals surface area contributed by atoms with Crippen molar-refractivity contribution in [3.8, 4) is 0 Å². The first-order valence-corrected chi connectivity index (χ1v) is 4.26. The van der Waals surface area contributed by atoms with Gasteiger partial charge in [0.2, 0.25) is 5.91 Å². The number of carbonyl (C=O) groups is 1. The van der Waals surface area contributed by atoms with Gasteiger partial charge in [-0.3, -0.25) is 4.79 Å². The van der Waals surface area contributed by atoms with Crippen LogP contribution in [-0.4, -0.2) is 44.0 Å². The van der Waals surface area contributed by atoms with Gasteiger partial charge in [0.1, 0.15) is 0 Å². The summed E-state index contributed by atoms with van der Waals surface area (Å²) in [4.78, 5) is 13.1. The van der Waals surface area contributed by atoms with Gasteiger partial charge in [0.25, 0.3) is 0 Å². The number of hydrogen-bond donors (Lipinski definition) is 2. The Kier molecular flexibility index (Phi) is 5.66. The largest absolute Gasteiger partial charge is 0.353 e. The van der Waals surface area contributed by atoms with E-state index in [1.54, 1.807) is 0 Å². The Morgan fingerprint density at radius 2 is 2.17 bits per heavy atom. The molecule has 0 saturated carbocycles. The summed E-state index contributed by atoms with van der Waals surface area (Å²) < 4.78 is 0. The van der Waals surface area contributed by atoms with Crippen molar-refractivity contribution in [2.75, 3.05) is 27.2 Å². The lowest BCUT2D eigenvalue weighted by Crippen LogP contribution is -2.42. The average Bonchev–Trinajstić information content (AvgIpc) is 2.02. The Morgan fingerprint density at radius 1 is 1.58 bits per heavy atom. The summed E-state index contributed by atoms with van der Waals surface area (Å²) in [6, 6.07) is -0.354. The third-order valence-electron chi connectivity index (χ3n) is 1.63. The van der Waals surface area contributed by atoms with Crippen LogP contribution in [0.5, 0.6) is 0 Å². The van der Waals surface area contributed by atoms with E-state index in [1.807, 2.05) is 25.9 Å². The number of nitrogens with one attached hydrogen (secondary N) is 1. The number of nitrogens with zero attached hydrogens (tertiary/aromatic N) is 1. The standard InChI is InChI=1S/C8H19N3O/c1-4-7(9)8(12)10-5-6-11(2)3/h7H,4-6,9H2,1-3H3,(H,10,12)/t7-/m1/s1. The van der Waals surface area contributed by atoms with E-state index in [0.717, 1.165) is 6.54 Å². The molecule has 4 nitrogen and oxygen atoms in total. The molecule has 1 amide bonds. The van der Waals surface area contributed by atoms with E-state index in [0.29, 0.717) is 13.0 Å². The molecule has 0 aromatic rings. The van der Waals surface area contributed by atoms with Crippen LogP contribution in [0.15, 0.2) is 0 Å². The predicted octanol–water partition coefficient (Wildman–Crippen LogP) is -0.598. The first-order chi connectivity index (χ1) is 5.57. The number of carbonyl (C=O) groups excluding carboxylic acids is 1. The molecule has 0 radical (unpaired) electrons. The van der Waals surface area contributed by atoms with Crippen molar-refractivity contribution in [1.82, 2.24) is 10.2 Å². The van der Waals surface area contributed by atoms with E-state index >= 15 is 0 Å². The van der Waals surface area contributed by atoms with Crippen molar-refractivity contribution >= 4 is 5.91 Å². The summed E-state index contributed by atoms with van der Waals surface area (Å²) in [5.41, 5.74) is 5.51. The van der Waals surface area contributed by atoms with Gasteiger partial charge in [-0.05, 0) is 20.5 Å². The molecule has 0 bridgehead atoms. The maximum Gasteiger partial charge on any atom is 0.236 e. The molecule has 3 N–H and O–H groups in total. The Balaban J connectivity index is 3.44. The third-order valence-corrected chi connectivity index (χ3v) is 1.63. The Labute approximate surface area is 74.1 Å². The fraction of sp³-hybridized carbons (Fsp3) is 0.875. The van der Waals surface area contributed by atoms with E-state index in [4.69, 9.17) is 5.73 Å². The highest BCUT2D eigenvalue weighted by Crippen LogP contribution is 1.84. The quantitative estimate of drug-likeness (QED) is 0.584. The van der Waals surface area contributed by atoms with Crippen molar-refractivity contribution in [2.45, 2.75) is 19.4 Å². The van der Waals surface area contributed by atoms with Gasteiger partial charge >= 0.3 is 0 Å². The molecule has 0 aliphatic heterocycles. The Hall–Kier alpha value is -0.610. The molecule has 0 unspecified atom stereocenters. The molecule has 0 aromatic carbocycles. The summed E-state index contributed by atoms with van der Waals surface area (Å²) in [5, 5.41) is 2.76. The first kappa shape index (κ1) is 11.4. The fourth-order valence-corrected chi connectivity index (χ4v) is 0.719. The van der Waals surface area contributed by atoms with Gasteiger partial charge in [-0.2, -0.15) is 0 Å². The summed E-state index contributed by atoms with van der Waals surface area (Å²) >= 11 is 0. The normalized spacial score (nSPS) is 13.1. The minimum atomic E-state index is -0.354. The van der Waals surface area contributed by atoms with Gasteiger partial charge in [-0.25, -0.2) is 0 Å². The van der Waals surface area contributed by atoms with Gasteiger partial charge in [0, 0.05) is 13.1 Å². The van der Waals surface area contributed by atoms with Crippen LogP contribution in [0.4, 0.5) is 0 Å². The molecular weight excluding hydrogens is 154 g/mol. The van der Waals surface area contributed by atoms with Crippen molar-refractivity contribution in [2.24, 2.45) is 5.73 Å². The van der Waals surface area contributed by atoms with Gasteiger partial charge in [-0.1, -0.05) is 6.92 Å². The number of amides is 1. The molecular formula is C8H19N3O. The Morgan fingerprint density at radius 3 is 2.58 bits per heavy atom. The molecule has 0 saturated heterocycles. The van der Waals surface area contributed by atoms with Crippen LogP contribution in [0.25, 0.3) is 0 Å². The molecule has 12 heavy (non-hydrogen) atoms. The summed E-state index contributed by atoms with van der Waals surface area (Å²) in [7, 11) is 3.93. The molecule has 0 heterocycles. The number of rotatable bonds is 5. The molecule has 0 spiro atoms. The highest BCUT2D eigenvalue weighted by Gasteiger charge is 2.08. The monoisotopic (exact) mass is 173 g/mol. The molecule has 0 aliphatic carbocycles. The van der Waals surface area contributed by atoms with Crippen LogP contribution >= 0.6 is 0 Å². The zero-order valence-corrected chi connectivity index (χ0v) is 8.13. The van der Waals surface area contributed by atoms with Crippen LogP contribution in [0.2, 0.25) is 0 Å².